The number of furan rings is 1. The molecule has 4 aromatic rings. The van der Waals surface area contributed by atoms with Gasteiger partial charge in [0.2, 0.25) is 0 Å². The Hall–Kier alpha value is -3.28. The predicted octanol–water partition coefficient (Wildman–Crippen LogP) is 2.26. The second-order valence-corrected chi connectivity index (χ2v) is 8.58. The number of nitrogens with zero attached hydrogens (tertiary/aromatic N) is 5. The van der Waals surface area contributed by atoms with Crippen LogP contribution in [-0.2, 0) is 11.3 Å². The topological polar surface area (TPSA) is 124 Å². The number of morpholine rings is 1. The molecule has 2 unspecified atom stereocenters. The lowest BCUT2D eigenvalue weighted by Crippen LogP contribution is -2.36. The summed E-state index contributed by atoms with van der Waals surface area (Å²) in [6.45, 7) is 2.64. The number of ether oxygens (including phenoxy) is 1. The Morgan fingerprint density at radius 3 is 3.10 bits per heavy atom. The van der Waals surface area contributed by atoms with Crippen LogP contribution >= 0.6 is 11.3 Å². The van der Waals surface area contributed by atoms with Gasteiger partial charge in [-0.15, -0.1) is 11.3 Å². The van der Waals surface area contributed by atoms with Gasteiger partial charge < -0.3 is 20.2 Å². The van der Waals surface area contributed by atoms with Crippen molar-refractivity contribution in [2.75, 3.05) is 18.5 Å². The molecule has 31 heavy (non-hydrogen) atoms. The number of nitrogens with one attached hydrogen (secondary N) is 1. The molecule has 2 bridgehead atoms. The zero-order valence-electron chi connectivity index (χ0n) is 16.4. The largest absolute Gasteiger partial charge is 0.458 e. The number of imidazole rings is 1. The molecule has 0 radical (unpaired) electrons. The smallest absolute Gasteiger partial charge is 0.284 e. The number of thiazole rings is 1. The summed E-state index contributed by atoms with van der Waals surface area (Å²) in [5.41, 5.74) is 8.39. The second-order valence-electron chi connectivity index (χ2n) is 7.72. The van der Waals surface area contributed by atoms with Crippen LogP contribution in [0, 0.1) is 0 Å². The summed E-state index contributed by atoms with van der Waals surface area (Å²) < 4.78 is 12.8. The van der Waals surface area contributed by atoms with Crippen LogP contribution in [0.15, 0.2) is 40.7 Å². The van der Waals surface area contributed by atoms with E-state index in [9.17, 15) is 4.79 Å². The Morgan fingerprint density at radius 1 is 1.39 bits per heavy atom. The van der Waals surface area contributed by atoms with Crippen LogP contribution in [-0.4, -0.2) is 55.5 Å². The number of fused-ring (bicyclic) bond motifs is 3. The maximum Gasteiger partial charge on any atom is 0.284 e. The van der Waals surface area contributed by atoms with Crippen molar-refractivity contribution in [2.24, 2.45) is 5.73 Å². The number of amides is 1. The van der Waals surface area contributed by atoms with E-state index >= 15 is 0 Å². The molecule has 2 aliphatic rings. The van der Waals surface area contributed by atoms with Gasteiger partial charge in [0.05, 0.1) is 30.3 Å². The van der Waals surface area contributed by atoms with Crippen molar-refractivity contribution >= 4 is 33.8 Å². The Bertz CT molecular complexity index is 1280. The third-order valence-electron chi connectivity index (χ3n) is 5.72. The molecule has 2 atom stereocenters. The molecule has 0 saturated carbocycles. The van der Waals surface area contributed by atoms with Crippen LogP contribution in [0.25, 0.3) is 16.9 Å². The summed E-state index contributed by atoms with van der Waals surface area (Å²) in [5, 5.41) is 6.12. The van der Waals surface area contributed by atoms with Crippen LogP contribution in [0.5, 0.6) is 0 Å². The molecule has 6 heterocycles. The molecule has 3 N–H and O–H groups in total. The van der Waals surface area contributed by atoms with Crippen molar-refractivity contribution < 1.29 is 13.9 Å². The first-order valence-electron chi connectivity index (χ1n) is 9.92. The lowest BCUT2D eigenvalue weighted by Gasteiger charge is -2.25. The summed E-state index contributed by atoms with van der Waals surface area (Å²) in [5.74, 6) is 0.0775. The second kappa shape index (κ2) is 7.15. The average Bonchev–Trinajstić information content (AvgIpc) is 3.55. The number of hydrogen-bond acceptors (Lipinski definition) is 9. The molecule has 1 amide bonds. The Morgan fingerprint density at radius 2 is 2.32 bits per heavy atom. The minimum atomic E-state index is -0.617. The highest BCUT2D eigenvalue weighted by Crippen LogP contribution is 2.31. The third kappa shape index (κ3) is 3.26. The fourth-order valence-corrected chi connectivity index (χ4v) is 4.94. The van der Waals surface area contributed by atoms with E-state index in [0.717, 1.165) is 42.6 Å². The Kier molecular flexibility index (Phi) is 4.26. The van der Waals surface area contributed by atoms with Gasteiger partial charge >= 0.3 is 0 Å². The SMILES string of the molecule is NC(=O)c1cc(-c2cnc(Nc3nc(CN4CC5CC4CO5)cs3)c3nccn23)co1. The van der Waals surface area contributed by atoms with Gasteiger partial charge in [0.15, 0.2) is 22.4 Å². The molecule has 2 fully saturated rings. The first-order valence-corrected chi connectivity index (χ1v) is 10.8. The highest BCUT2D eigenvalue weighted by atomic mass is 32.1. The lowest BCUT2D eigenvalue weighted by molar-refractivity contribution is 0.0269. The molecule has 0 aliphatic carbocycles. The Labute approximate surface area is 180 Å². The van der Waals surface area contributed by atoms with Crippen LogP contribution in [0.4, 0.5) is 10.9 Å². The maximum absolute atomic E-state index is 11.3. The maximum atomic E-state index is 11.3. The standard InChI is InChI=1S/C20H19N7O3S/c21-17(28)16-3-11(8-30-16)15-5-23-18(19-22-1-2-27(15)19)25-20-24-12(10-31-20)6-26-7-14-4-13(26)9-29-14/h1-3,5,8,10,13-14H,4,6-7,9H2,(H2,21,28)(H,23,24,25). The molecule has 0 spiro atoms. The minimum Gasteiger partial charge on any atom is -0.458 e. The van der Waals surface area contributed by atoms with E-state index in [1.807, 2.05) is 10.6 Å². The van der Waals surface area contributed by atoms with E-state index in [1.165, 1.54) is 6.26 Å². The van der Waals surface area contributed by atoms with Crippen LogP contribution in [0.3, 0.4) is 0 Å². The van der Waals surface area contributed by atoms with Gasteiger partial charge in [-0.1, -0.05) is 0 Å². The number of primary amides is 1. The molecule has 0 aromatic carbocycles. The van der Waals surface area contributed by atoms with Gasteiger partial charge in [-0.2, -0.15) is 0 Å². The number of carbonyl (C=O) groups is 1. The van der Waals surface area contributed by atoms with Gasteiger partial charge in [0.1, 0.15) is 6.26 Å². The zero-order valence-corrected chi connectivity index (χ0v) is 17.2. The van der Waals surface area contributed by atoms with Gasteiger partial charge in [-0.25, -0.2) is 15.0 Å². The highest BCUT2D eigenvalue weighted by molar-refractivity contribution is 7.13. The molecule has 6 rings (SSSR count). The van der Waals surface area contributed by atoms with E-state index in [4.69, 9.17) is 19.9 Å². The fourth-order valence-electron chi connectivity index (χ4n) is 4.24. The number of carbonyl (C=O) groups excluding carboxylic acids is 1. The van der Waals surface area contributed by atoms with E-state index in [0.29, 0.717) is 29.2 Å². The molecule has 4 aromatic heterocycles. The van der Waals surface area contributed by atoms with Crippen molar-refractivity contribution in [3.05, 3.63) is 47.8 Å². The number of hydrogen-bond donors (Lipinski definition) is 2. The predicted molar refractivity (Wildman–Crippen MR) is 113 cm³/mol. The molecule has 2 saturated heterocycles. The van der Waals surface area contributed by atoms with Crippen LogP contribution < -0.4 is 11.1 Å². The van der Waals surface area contributed by atoms with E-state index in [1.54, 1.807) is 29.8 Å². The summed E-state index contributed by atoms with van der Waals surface area (Å²) in [6.07, 6.45) is 8.20. The third-order valence-corrected chi connectivity index (χ3v) is 6.53. The lowest BCUT2D eigenvalue weighted by atomic mass is 10.2. The molecular weight excluding hydrogens is 418 g/mol. The minimum absolute atomic E-state index is 0.0959. The molecule has 10 nitrogen and oxygen atoms in total. The number of nitrogens with two attached hydrogens (primary N) is 1. The van der Waals surface area contributed by atoms with Crippen molar-refractivity contribution in [1.29, 1.82) is 0 Å². The summed E-state index contributed by atoms with van der Waals surface area (Å²) >= 11 is 1.54. The molecule has 2 aliphatic heterocycles. The number of aromatic nitrogens is 4. The van der Waals surface area contributed by atoms with E-state index in [2.05, 4.69) is 25.6 Å². The van der Waals surface area contributed by atoms with Gasteiger partial charge in [0, 0.05) is 42.5 Å². The van der Waals surface area contributed by atoms with Gasteiger partial charge in [-0.3, -0.25) is 14.1 Å². The van der Waals surface area contributed by atoms with Crippen molar-refractivity contribution in [1.82, 2.24) is 24.3 Å². The van der Waals surface area contributed by atoms with Crippen molar-refractivity contribution in [2.45, 2.75) is 25.1 Å². The molecular formula is C20H19N7O3S. The number of anilines is 2. The first-order chi connectivity index (χ1) is 15.1. The fraction of sp³-hybridized carbons (Fsp3) is 0.300. The Balaban J connectivity index is 1.24. The summed E-state index contributed by atoms with van der Waals surface area (Å²) in [4.78, 5) is 27.5. The molecule has 11 heteroatoms. The highest BCUT2D eigenvalue weighted by Gasteiger charge is 2.38. The zero-order chi connectivity index (χ0) is 20.9. The summed E-state index contributed by atoms with van der Waals surface area (Å²) in [7, 11) is 0. The van der Waals surface area contributed by atoms with Crippen molar-refractivity contribution in [3.8, 4) is 11.3 Å². The van der Waals surface area contributed by atoms with E-state index < -0.39 is 5.91 Å². The number of likely N-dealkylation sites (tertiary alicyclic amines) is 1. The molecule has 158 valence electrons. The summed E-state index contributed by atoms with van der Waals surface area (Å²) in [6, 6.07) is 2.11. The van der Waals surface area contributed by atoms with Gasteiger partial charge in [0.25, 0.3) is 5.91 Å². The monoisotopic (exact) mass is 437 g/mol. The van der Waals surface area contributed by atoms with Crippen molar-refractivity contribution in [3.63, 3.8) is 0 Å². The normalized spacial score (nSPS) is 20.6. The number of rotatable bonds is 6. The average molecular weight is 437 g/mol. The quantitative estimate of drug-likeness (QED) is 0.471. The van der Waals surface area contributed by atoms with E-state index in [-0.39, 0.29) is 5.76 Å². The van der Waals surface area contributed by atoms with Crippen LogP contribution in [0.1, 0.15) is 22.7 Å². The van der Waals surface area contributed by atoms with Crippen LogP contribution in [0.2, 0.25) is 0 Å². The van der Waals surface area contributed by atoms with Gasteiger partial charge in [-0.05, 0) is 12.5 Å². The first kappa shape index (κ1) is 18.5.